The summed E-state index contributed by atoms with van der Waals surface area (Å²) < 4.78 is 0. The lowest BCUT2D eigenvalue weighted by Gasteiger charge is -2.27. The van der Waals surface area contributed by atoms with Gasteiger partial charge >= 0.3 is 0 Å². The number of amides is 1. The third-order valence-electron chi connectivity index (χ3n) is 4.40. The lowest BCUT2D eigenvalue weighted by atomic mass is 10.1. The van der Waals surface area contributed by atoms with Crippen molar-refractivity contribution in [3.63, 3.8) is 0 Å². The van der Waals surface area contributed by atoms with Crippen molar-refractivity contribution in [3.8, 4) is 0 Å². The fourth-order valence-corrected chi connectivity index (χ4v) is 4.69. The number of nitrogens with one attached hydrogen (secondary N) is 2. The summed E-state index contributed by atoms with van der Waals surface area (Å²) in [5, 5.41) is 9.74. The van der Waals surface area contributed by atoms with Crippen LogP contribution in [0.2, 0.25) is 0 Å². The van der Waals surface area contributed by atoms with Gasteiger partial charge in [0.15, 0.2) is 5.96 Å². The molecule has 8 heteroatoms. The maximum Gasteiger partial charge on any atom is 0.224 e. The van der Waals surface area contributed by atoms with Crippen LogP contribution in [0, 0.1) is 6.92 Å². The molecular formula is C19H27N5OS2. The van der Waals surface area contributed by atoms with Gasteiger partial charge in [0.2, 0.25) is 5.91 Å². The molecule has 2 aromatic rings. The Kier molecular flexibility index (Phi) is 7.23. The second kappa shape index (κ2) is 9.85. The predicted octanol–water partition coefficient (Wildman–Crippen LogP) is 2.59. The van der Waals surface area contributed by atoms with E-state index in [2.05, 4.69) is 39.0 Å². The van der Waals surface area contributed by atoms with Gasteiger partial charge in [-0.2, -0.15) is 0 Å². The number of carbonyl (C=O) groups is 1. The summed E-state index contributed by atoms with van der Waals surface area (Å²) in [6.07, 6.45) is 4.20. The smallest absolute Gasteiger partial charge is 0.224 e. The molecule has 1 aliphatic rings. The van der Waals surface area contributed by atoms with E-state index < -0.39 is 0 Å². The molecule has 0 aliphatic carbocycles. The van der Waals surface area contributed by atoms with Crippen LogP contribution in [0.4, 0.5) is 0 Å². The van der Waals surface area contributed by atoms with Crippen molar-refractivity contribution < 1.29 is 4.79 Å². The fraction of sp³-hybridized carbons (Fsp3) is 0.526. The Balaban J connectivity index is 1.42. The van der Waals surface area contributed by atoms with Crippen LogP contribution in [-0.2, 0) is 24.2 Å². The average Bonchev–Trinajstić information content (AvgIpc) is 3.29. The second-order valence-corrected chi connectivity index (χ2v) is 8.81. The average molecular weight is 406 g/mol. The molecule has 0 unspecified atom stereocenters. The largest absolute Gasteiger partial charge is 0.357 e. The van der Waals surface area contributed by atoms with Gasteiger partial charge in [0.1, 0.15) is 0 Å². The van der Waals surface area contributed by atoms with Gasteiger partial charge in [-0.05, 0) is 37.3 Å². The van der Waals surface area contributed by atoms with E-state index in [0.29, 0.717) is 19.5 Å². The second-order valence-electron chi connectivity index (χ2n) is 6.49. The van der Waals surface area contributed by atoms with E-state index in [1.165, 1.54) is 15.3 Å². The van der Waals surface area contributed by atoms with E-state index in [1.807, 2.05) is 18.0 Å². The van der Waals surface area contributed by atoms with Crippen LogP contribution in [0.5, 0.6) is 0 Å². The van der Waals surface area contributed by atoms with Gasteiger partial charge in [-0.3, -0.25) is 9.79 Å². The van der Waals surface area contributed by atoms with Crippen LogP contribution < -0.4 is 10.6 Å². The minimum atomic E-state index is 0.202. The molecule has 2 aromatic heterocycles. The van der Waals surface area contributed by atoms with Crippen molar-refractivity contribution in [1.29, 1.82) is 0 Å². The van der Waals surface area contributed by atoms with Gasteiger partial charge in [0, 0.05) is 61.5 Å². The predicted molar refractivity (Wildman–Crippen MR) is 113 cm³/mol. The normalized spacial score (nSPS) is 14.1. The number of hydrogen-bond donors (Lipinski definition) is 2. The number of hydrogen-bond acceptors (Lipinski definition) is 5. The monoisotopic (exact) mass is 405 g/mol. The molecule has 0 radical (unpaired) electrons. The van der Waals surface area contributed by atoms with Crippen LogP contribution in [0.3, 0.4) is 0 Å². The molecular weight excluding hydrogens is 378 g/mol. The molecule has 0 bridgehead atoms. The number of aryl methyl sites for hydroxylation is 1. The summed E-state index contributed by atoms with van der Waals surface area (Å²) in [6.45, 7) is 7.75. The van der Waals surface area contributed by atoms with Crippen molar-refractivity contribution in [3.05, 3.63) is 38.0 Å². The number of fused-ring (bicyclic) bond motifs is 1. The molecule has 27 heavy (non-hydrogen) atoms. The minimum Gasteiger partial charge on any atom is -0.357 e. The molecule has 2 N–H and O–H groups in total. The maximum absolute atomic E-state index is 12.5. The number of carbonyl (C=O) groups excluding carboxylic acids is 1. The Bertz CT molecular complexity index is 783. The highest BCUT2D eigenvalue weighted by Crippen LogP contribution is 2.24. The third-order valence-corrected chi connectivity index (χ3v) is 6.40. The Labute approximate surface area is 168 Å². The number of rotatable bonds is 7. The number of aromatic nitrogens is 1. The highest BCUT2D eigenvalue weighted by Gasteiger charge is 2.20. The van der Waals surface area contributed by atoms with Gasteiger partial charge < -0.3 is 15.5 Å². The van der Waals surface area contributed by atoms with E-state index in [1.54, 1.807) is 22.7 Å². The Morgan fingerprint density at radius 1 is 1.41 bits per heavy atom. The quantitative estimate of drug-likeness (QED) is 0.549. The Morgan fingerprint density at radius 3 is 3.07 bits per heavy atom. The SMILES string of the molecule is CCNC(=NCCc1ncc(C)s1)NCCC(=O)N1CCc2sccc2C1. The molecule has 146 valence electrons. The molecule has 0 fully saturated rings. The fourth-order valence-electron chi connectivity index (χ4n) is 3.03. The highest BCUT2D eigenvalue weighted by molar-refractivity contribution is 7.11. The van der Waals surface area contributed by atoms with E-state index in [9.17, 15) is 4.79 Å². The number of thiazole rings is 1. The van der Waals surface area contributed by atoms with E-state index >= 15 is 0 Å². The zero-order valence-electron chi connectivity index (χ0n) is 16.0. The van der Waals surface area contributed by atoms with Crippen LogP contribution in [0.25, 0.3) is 0 Å². The first kappa shape index (κ1) is 19.8. The molecule has 3 rings (SSSR count). The third kappa shape index (κ3) is 5.77. The summed E-state index contributed by atoms with van der Waals surface area (Å²) in [5.74, 6) is 0.964. The molecule has 0 spiro atoms. The van der Waals surface area contributed by atoms with Crippen molar-refractivity contribution in [2.45, 2.75) is 39.7 Å². The van der Waals surface area contributed by atoms with Crippen molar-refractivity contribution in [1.82, 2.24) is 20.5 Å². The standard InChI is InChI=1S/C19H27N5OS2/c1-3-20-19(21-8-4-17-23-12-14(2)27-17)22-9-5-18(25)24-10-6-16-15(13-24)7-11-26-16/h7,11-12H,3-6,8-10,13H2,1-2H3,(H2,20,21,22). The Morgan fingerprint density at radius 2 is 2.30 bits per heavy atom. The first-order valence-electron chi connectivity index (χ1n) is 9.42. The summed E-state index contributed by atoms with van der Waals surface area (Å²) in [4.78, 5) is 26.1. The van der Waals surface area contributed by atoms with E-state index in [0.717, 1.165) is 43.4 Å². The molecule has 0 saturated heterocycles. The summed E-state index contributed by atoms with van der Waals surface area (Å²) in [7, 11) is 0. The van der Waals surface area contributed by atoms with Gasteiger partial charge in [0.05, 0.1) is 5.01 Å². The summed E-state index contributed by atoms with van der Waals surface area (Å²) in [6, 6.07) is 2.14. The number of aliphatic imine (C=N–C) groups is 1. The van der Waals surface area contributed by atoms with Gasteiger partial charge in [-0.1, -0.05) is 0 Å². The molecule has 3 heterocycles. The minimum absolute atomic E-state index is 0.202. The zero-order chi connectivity index (χ0) is 19.1. The van der Waals surface area contributed by atoms with Crippen molar-refractivity contribution >= 4 is 34.5 Å². The first-order valence-corrected chi connectivity index (χ1v) is 11.1. The van der Waals surface area contributed by atoms with Gasteiger partial charge in [0.25, 0.3) is 0 Å². The maximum atomic E-state index is 12.5. The molecule has 1 aliphatic heterocycles. The van der Waals surface area contributed by atoms with Crippen LogP contribution in [0.1, 0.15) is 33.7 Å². The first-order chi connectivity index (χ1) is 13.2. The molecule has 6 nitrogen and oxygen atoms in total. The van der Waals surface area contributed by atoms with Crippen LogP contribution in [-0.4, -0.2) is 47.9 Å². The summed E-state index contributed by atoms with van der Waals surface area (Å²) in [5.41, 5.74) is 1.31. The van der Waals surface area contributed by atoms with Crippen LogP contribution >= 0.6 is 22.7 Å². The van der Waals surface area contributed by atoms with E-state index in [-0.39, 0.29) is 5.91 Å². The lowest BCUT2D eigenvalue weighted by molar-refractivity contribution is -0.131. The highest BCUT2D eigenvalue weighted by atomic mass is 32.1. The van der Waals surface area contributed by atoms with Crippen molar-refractivity contribution in [2.24, 2.45) is 4.99 Å². The zero-order valence-corrected chi connectivity index (χ0v) is 17.6. The number of nitrogens with zero attached hydrogens (tertiary/aromatic N) is 3. The summed E-state index contributed by atoms with van der Waals surface area (Å²) >= 11 is 3.51. The topological polar surface area (TPSA) is 69.6 Å². The molecule has 0 atom stereocenters. The van der Waals surface area contributed by atoms with E-state index in [4.69, 9.17) is 0 Å². The number of thiophene rings is 1. The van der Waals surface area contributed by atoms with Crippen molar-refractivity contribution in [2.75, 3.05) is 26.2 Å². The lowest BCUT2D eigenvalue weighted by Crippen LogP contribution is -2.41. The Hall–Kier alpha value is -1.93. The molecule has 0 saturated carbocycles. The van der Waals surface area contributed by atoms with Gasteiger partial charge in [-0.25, -0.2) is 4.98 Å². The molecule has 0 aromatic carbocycles. The van der Waals surface area contributed by atoms with Crippen LogP contribution in [0.15, 0.2) is 22.6 Å². The number of guanidine groups is 1. The molecule has 1 amide bonds. The van der Waals surface area contributed by atoms with Gasteiger partial charge in [-0.15, -0.1) is 22.7 Å².